The van der Waals surface area contributed by atoms with E-state index in [2.05, 4.69) is 9.88 Å². The SMILES string of the molecule is COc1cccc(CNC(=O)c2cc(C)n(Cc3ccco3)c2C)c1. The molecule has 1 aromatic carbocycles. The van der Waals surface area contributed by atoms with E-state index < -0.39 is 0 Å². The number of aryl methyl sites for hydroxylation is 1. The summed E-state index contributed by atoms with van der Waals surface area (Å²) in [5.41, 5.74) is 3.64. The van der Waals surface area contributed by atoms with Crippen LogP contribution in [0.25, 0.3) is 0 Å². The molecule has 0 unspecified atom stereocenters. The zero-order chi connectivity index (χ0) is 17.8. The molecule has 2 aromatic heterocycles. The number of hydrogen-bond donors (Lipinski definition) is 1. The fourth-order valence-electron chi connectivity index (χ4n) is 2.89. The van der Waals surface area contributed by atoms with Crippen molar-refractivity contribution in [1.82, 2.24) is 9.88 Å². The predicted octanol–water partition coefficient (Wildman–Crippen LogP) is 3.68. The number of methoxy groups -OCH3 is 1. The topological polar surface area (TPSA) is 56.4 Å². The third-order valence-corrected chi connectivity index (χ3v) is 4.30. The van der Waals surface area contributed by atoms with Crippen molar-refractivity contribution in [1.29, 1.82) is 0 Å². The highest BCUT2D eigenvalue weighted by molar-refractivity contribution is 5.95. The molecule has 5 heteroatoms. The molecule has 0 saturated heterocycles. The van der Waals surface area contributed by atoms with Crippen LogP contribution in [0.5, 0.6) is 5.75 Å². The molecule has 5 nitrogen and oxygen atoms in total. The zero-order valence-electron chi connectivity index (χ0n) is 14.7. The van der Waals surface area contributed by atoms with E-state index in [1.807, 2.05) is 56.3 Å². The van der Waals surface area contributed by atoms with Crippen LogP contribution in [0.4, 0.5) is 0 Å². The third-order valence-electron chi connectivity index (χ3n) is 4.30. The number of rotatable bonds is 6. The van der Waals surface area contributed by atoms with Gasteiger partial charge in [0.2, 0.25) is 0 Å². The first-order valence-electron chi connectivity index (χ1n) is 8.18. The van der Waals surface area contributed by atoms with Gasteiger partial charge < -0.3 is 19.0 Å². The van der Waals surface area contributed by atoms with Crippen LogP contribution in [0.3, 0.4) is 0 Å². The molecule has 0 atom stereocenters. The molecule has 0 spiro atoms. The van der Waals surface area contributed by atoms with Crippen LogP contribution >= 0.6 is 0 Å². The number of nitrogens with zero attached hydrogens (tertiary/aromatic N) is 1. The van der Waals surface area contributed by atoms with E-state index in [0.717, 1.165) is 28.5 Å². The Hall–Kier alpha value is -2.95. The Morgan fingerprint density at radius 3 is 2.76 bits per heavy atom. The molecule has 25 heavy (non-hydrogen) atoms. The summed E-state index contributed by atoms with van der Waals surface area (Å²) < 4.78 is 12.7. The highest BCUT2D eigenvalue weighted by Crippen LogP contribution is 2.18. The van der Waals surface area contributed by atoms with E-state index in [-0.39, 0.29) is 5.91 Å². The Balaban J connectivity index is 1.71. The van der Waals surface area contributed by atoms with Gasteiger partial charge in [-0.25, -0.2) is 0 Å². The van der Waals surface area contributed by atoms with Crippen LogP contribution < -0.4 is 10.1 Å². The lowest BCUT2D eigenvalue weighted by atomic mass is 10.2. The molecule has 1 amide bonds. The van der Waals surface area contributed by atoms with E-state index >= 15 is 0 Å². The van der Waals surface area contributed by atoms with Crippen molar-refractivity contribution in [2.75, 3.05) is 7.11 Å². The molecular formula is C20H22N2O3. The summed E-state index contributed by atoms with van der Waals surface area (Å²) in [5, 5.41) is 2.98. The van der Waals surface area contributed by atoms with Crippen molar-refractivity contribution >= 4 is 5.91 Å². The summed E-state index contributed by atoms with van der Waals surface area (Å²) in [6.07, 6.45) is 1.66. The number of aromatic nitrogens is 1. The molecule has 0 aliphatic heterocycles. The van der Waals surface area contributed by atoms with Gasteiger partial charge in [-0.1, -0.05) is 12.1 Å². The van der Waals surface area contributed by atoms with Gasteiger partial charge >= 0.3 is 0 Å². The Kier molecular flexibility index (Phi) is 4.93. The quantitative estimate of drug-likeness (QED) is 0.746. The summed E-state index contributed by atoms with van der Waals surface area (Å²) in [7, 11) is 1.63. The van der Waals surface area contributed by atoms with Gasteiger partial charge in [0.25, 0.3) is 5.91 Å². The molecule has 1 N–H and O–H groups in total. The van der Waals surface area contributed by atoms with Crippen molar-refractivity contribution in [2.24, 2.45) is 0 Å². The first-order chi connectivity index (χ1) is 12.1. The second-order valence-electron chi connectivity index (χ2n) is 5.98. The number of ether oxygens (including phenoxy) is 1. The first-order valence-corrected chi connectivity index (χ1v) is 8.18. The summed E-state index contributed by atoms with van der Waals surface area (Å²) in [6.45, 7) is 5.02. The monoisotopic (exact) mass is 338 g/mol. The average molecular weight is 338 g/mol. The van der Waals surface area contributed by atoms with Gasteiger partial charge in [-0.15, -0.1) is 0 Å². The standard InChI is InChI=1S/C20H22N2O3/c1-14-10-19(15(2)22(14)13-18-8-5-9-25-18)20(23)21-12-16-6-4-7-17(11-16)24-3/h4-11H,12-13H2,1-3H3,(H,21,23). The van der Waals surface area contributed by atoms with E-state index in [4.69, 9.17) is 9.15 Å². The molecule has 0 aliphatic rings. The smallest absolute Gasteiger partial charge is 0.253 e. The normalized spacial score (nSPS) is 10.7. The Bertz CT molecular complexity index is 863. The van der Waals surface area contributed by atoms with Gasteiger partial charge in [-0.2, -0.15) is 0 Å². The maximum atomic E-state index is 12.6. The van der Waals surface area contributed by atoms with E-state index in [1.54, 1.807) is 13.4 Å². The minimum absolute atomic E-state index is 0.0818. The molecule has 2 heterocycles. The Morgan fingerprint density at radius 2 is 2.04 bits per heavy atom. The summed E-state index contributed by atoms with van der Waals surface area (Å²) in [6, 6.07) is 13.4. The van der Waals surface area contributed by atoms with Gasteiger partial charge in [-0.05, 0) is 49.7 Å². The maximum Gasteiger partial charge on any atom is 0.253 e. The first kappa shape index (κ1) is 16.9. The minimum atomic E-state index is -0.0818. The number of carbonyl (C=O) groups excluding carboxylic acids is 1. The fraction of sp³-hybridized carbons (Fsp3) is 0.250. The summed E-state index contributed by atoms with van der Waals surface area (Å²) in [4.78, 5) is 12.6. The molecule has 0 saturated carbocycles. The second-order valence-corrected chi connectivity index (χ2v) is 5.98. The third kappa shape index (κ3) is 3.76. The van der Waals surface area contributed by atoms with Crippen molar-refractivity contribution in [3.63, 3.8) is 0 Å². The van der Waals surface area contributed by atoms with Crippen molar-refractivity contribution in [3.05, 3.63) is 77.0 Å². The fourth-order valence-corrected chi connectivity index (χ4v) is 2.89. The van der Waals surface area contributed by atoms with Crippen LogP contribution in [0, 0.1) is 13.8 Å². The highest BCUT2D eigenvalue weighted by atomic mass is 16.5. The lowest BCUT2D eigenvalue weighted by Crippen LogP contribution is -2.23. The Labute approximate surface area is 147 Å². The Morgan fingerprint density at radius 1 is 1.20 bits per heavy atom. The molecule has 0 radical (unpaired) electrons. The van der Waals surface area contributed by atoms with Crippen LogP contribution in [0.1, 0.15) is 33.1 Å². The molecule has 0 aliphatic carbocycles. The zero-order valence-corrected chi connectivity index (χ0v) is 14.7. The molecule has 3 rings (SSSR count). The summed E-state index contributed by atoms with van der Waals surface area (Å²) in [5.74, 6) is 1.56. The highest BCUT2D eigenvalue weighted by Gasteiger charge is 2.16. The molecular weight excluding hydrogens is 316 g/mol. The van der Waals surface area contributed by atoms with Gasteiger partial charge in [0.15, 0.2) is 0 Å². The lowest BCUT2D eigenvalue weighted by molar-refractivity contribution is 0.0950. The number of hydrogen-bond acceptors (Lipinski definition) is 3. The van der Waals surface area contributed by atoms with Crippen molar-refractivity contribution < 1.29 is 13.9 Å². The van der Waals surface area contributed by atoms with Crippen LogP contribution in [-0.4, -0.2) is 17.6 Å². The molecule has 0 bridgehead atoms. The number of carbonyl (C=O) groups is 1. The number of amides is 1. The van der Waals surface area contributed by atoms with Gasteiger partial charge in [0.05, 0.1) is 25.5 Å². The largest absolute Gasteiger partial charge is 0.497 e. The van der Waals surface area contributed by atoms with Crippen LogP contribution in [0.15, 0.2) is 53.1 Å². The van der Waals surface area contributed by atoms with Crippen LogP contribution in [-0.2, 0) is 13.1 Å². The maximum absolute atomic E-state index is 12.6. The van der Waals surface area contributed by atoms with E-state index in [0.29, 0.717) is 18.7 Å². The van der Waals surface area contributed by atoms with Crippen molar-refractivity contribution in [2.45, 2.75) is 26.9 Å². The molecule has 3 aromatic rings. The molecule has 0 fully saturated rings. The minimum Gasteiger partial charge on any atom is -0.497 e. The average Bonchev–Trinajstić information content (AvgIpc) is 3.23. The van der Waals surface area contributed by atoms with Gasteiger partial charge in [0, 0.05) is 17.9 Å². The van der Waals surface area contributed by atoms with E-state index in [1.165, 1.54) is 0 Å². The molecule has 130 valence electrons. The van der Waals surface area contributed by atoms with Gasteiger partial charge in [0.1, 0.15) is 11.5 Å². The predicted molar refractivity (Wildman–Crippen MR) is 95.9 cm³/mol. The van der Waals surface area contributed by atoms with E-state index in [9.17, 15) is 4.79 Å². The number of benzene rings is 1. The van der Waals surface area contributed by atoms with Crippen molar-refractivity contribution in [3.8, 4) is 5.75 Å². The summed E-state index contributed by atoms with van der Waals surface area (Å²) >= 11 is 0. The number of furan rings is 1. The van der Waals surface area contributed by atoms with Crippen LogP contribution in [0.2, 0.25) is 0 Å². The lowest BCUT2D eigenvalue weighted by Gasteiger charge is -2.09. The van der Waals surface area contributed by atoms with Gasteiger partial charge in [-0.3, -0.25) is 4.79 Å². The second kappa shape index (κ2) is 7.30. The number of nitrogens with one attached hydrogen (secondary N) is 1.